The van der Waals surface area contributed by atoms with Crippen LogP contribution < -0.4 is 10.2 Å². The van der Waals surface area contributed by atoms with Gasteiger partial charge in [0.15, 0.2) is 5.82 Å². The number of rotatable bonds is 7. The molecule has 1 aromatic carbocycles. The Hall–Kier alpha value is -2.18. The van der Waals surface area contributed by atoms with Gasteiger partial charge in [0, 0.05) is 56.7 Å². The molecule has 2 heterocycles. The van der Waals surface area contributed by atoms with Gasteiger partial charge in [0.2, 0.25) is 0 Å². The number of ether oxygens (including phenoxy) is 1. The summed E-state index contributed by atoms with van der Waals surface area (Å²) in [5.41, 5.74) is 3.18. The van der Waals surface area contributed by atoms with Gasteiger partial charge in [0.25, 0.3) is 0 Å². The van der Waals surface area contributed by atoms with Crippen molar-refractivity contribution in [3.8, 4) is 11.4 Å². The summed E-state index contributed by atoms with van der Waals surface area (Å²) < 4.78 is 5.39. The van der Waals surface area contributed by atoms with E-state index in [1.165, 1.54) is 5.69 Å². The van der Waals surface area contributed by atoms with Gasteiger partial charge in [-0.3, -0.25) is 4.90 Å². The van der Waals surface area contributed by atoms with Crippen LogP contribution >= 0.6 is 0 Å². The molecule has 0 spiro atoms. The molecule has 1 fully saturated rings. The van der Waals surface area contributed by atoms with Crippen molar-refractivity contribution in [1.29, 1.82) is 0 Å². The van der Waals surface area contributed by atoms with Crippen molar-refractivity contribution in [2.45, 2.75) is 13.3 Å². The third kappa shape index (κ3) is 5.16. The number of hydrogen-bond acceptors (Lipinski definition) is 6. The van der Waals surface area contributed by atoms with Crippen molar-refractivity contribution in [3.63, 3.8) is 0 Å². The van der Waals surface area contributed by atoms with Crippen molar-refractivity contribution in [2.75, 3.05) is 63.7 Å². The van der Waals surface area contributed by atoms with Crippen molar-refractivity contribution < 1.29 is 4.74 Å². The van der Waals surface area contributed by atoms with Crippen molar-refractivity contribution in [3.05, 3.63) is 36.0 Å². The third-order valence-corrected chi connectivity index (χ3v) is 4.56. The minimum atomic E-state index is 0.769. The van der Waals surface area contributed by atoms with E-state index in [0.717, 1.165) is 68.7 Å². The maximum Gasteiger partial charge on any atom is 0.161 e. The lowest BCUT2D eigenvalue weighted by molar-refractivity contribution is 0.0378. The molecule has 1 saturated heterocycles. The second-order valence-corrected chi connectivity index (χ2v) is 6.89. The number of aromatic nitrogens is 2. The SMILES string of the molecule is Cc1cc(NCCCN2CCOCC2)nc(-c2ccc(N(C)C)cc2)n1. The molecule has 1 N–H and O–H groups in total. The summed E-state index contributed by atoms with van der Waals surface area (Å²) in [6.07, 6.45) is 1.09. The molecule has 1 aliphatic heterocycles. The van der Waals surface area contributed by atoms with E-state index in [1.54, 1.807) is 0 Å². The Balaban J connectivity index is 1.58. The first-order valence-electron chi connectivity index (χ1n) is 9.29. The van der Waals surface area contributed by atoms with Crippen LogP contribution in [0.3, 0.4) is 0 Å². The monoisotopic (exact) mass is 355 g/mol. The quantitative estimate of drug-likeness (QED) is 0.771. The summed E-state index contributed by atoms with van der Waals surface area (Å²) in [6.45, 7) is 7.81. The molecule has 6 heteroatoms. The van der Waals surface area contributed by atoms with Crippen LogP contribution in [0.15, 0.2) is 30.3 Å². The fourth-order valence-electron chi connectivity index (χ4n) is 3.04. The van der Waals surface area contributed by atoms with Crippen LogP contribution in [0.4, 0.5) is 11.5 Å². The normalized spacial score (nSPS) is 15.0. The number of nitrogens with zero attached hydrogens (tertiary/aromatic N) is 4. The average molecular weight is 355 g/mol. The molecule has 0 bridgehead atoms. The molecule has 0 radical (unpaired) electrons. The molecule has 26 heavy (non-hydrogen) atoms. The van der Waals surface area contributed by atoms with Gasteiger partial charge < -0.3 is 15.0 Å². The van der Waals surface area contributed by atoms with Crippen LogP contribution in [0.5, 0.6) is 0 Å². The van der Waals surface area contributed by atoms with Gasteiger partial charge in [0.05, 0.1) is 13.2 Å². The largest absolute Gasteiger partial charge is 0.379 e. The van der Waals surface area contributed by atoms with Crippen molar-refractivity contribution >= 4 is 11.5 Å². The molecule has 3 rings (SSSR count). The summed E-state index contributed by atoms with van der Waals surface area (Å²) in [4.78, 5) is 13.8. The van der Waals surface area contributed by atoms with E-state index in [4.69, 9.17) is 9.72 Å². The topological polar surface area (TPSA) is 53.5 Å². The maximum absolute atomic E-state index is 5.39. The minimum absolute atomic E-state index is 0.769. The summed E-state index contributed by atoms with van der Waals surface area (Å²) >= 11 is 0. The molecule has 1 aromatic heterocycles. The van der Waals surface area contributed by atoms with Gasteiger partial charge in [-0.15, -0.1) is 0 Å². The van der Waals surface area contributed by atoms with E-state index in [1.807, 2.05) is 27.1 Å². The lowest BCUT2D eigenvalue weighted by Crippen LogP contribution is -2.37. The summed E-state index contributed by atoms with van der Waals surface area (Å²) in [6, 6.07) is 10.3. The molecule has 0 amide bonds. The Labute approximate surface area is 156 Å². The van der Waals surface area contributed by atoms with Gasteiger partial charge in [-0.25, -0.2) is 9.97 Å². The summed E-state index contributed by atoms with van der Waals surface area (Å²) in [7, 11) is 4.08. The maximum atomic E-state index is 5.39. The predicted molar refractivity (Wildman–Crippen MR) is 107 cm³/mol. The lowest BCUT2D eigenvalue weighted by Gasteiger charge is -2.26. The second-order valence-electron chi connectivity index (χ2n) is 6.89. The van der Waals surface area contributed by atoms with E-state index < -0.39 is 0 Å². The lowest BCUT2D eigenvalue weighted by atomic mass is 10.2. The standard InChI is InChI=1S/C20H29N5O/c1-16-15-19(21-9-4-10-25-11-13-26-14-12-25)23-20(22-16)17-5-7-18(8-6-17)24(2)3/h5-8,15H,4,9-14H2,1-3H3,(H,21,22,23). The molecule has 2 aromatic rings. The minimum Gasteiger partial charge on any atom is -0.379 e. The van der Waals surface area contributed by atoms with Crippen molar-refractivity contribution in [1.82, 2.24) is 14.9 Å². The van der Waals surface area contributed by atoms with Crippen LogP contribution in [0.25, 0.3) is 11.4 Å². The molecule has 0 saturated carbocycles. The first kappa shape index (κ1) is 18.6. The number of benzene rings is 1. The fraction of sp³-hybridized carbons (Fsp3) is 0.500. The second kappa shape index (κ2) is 8.96. The smallest absolute Gasteiger partial charge is 0.161 e. The van der Waals surface area contributed by atoms with E-state index in [9.17, 15) is 0 Å². The number of morpholine rings is 1. The van der Waals surface area contributed by atoms with Crippen LogP contribution in [0, 0.1) is 6.92 Å². The summed E-state index contributed by atoms with van der Waals surface area (Å²) in [5.74, 6) is 1.66. The highest BCUT2D eigenvalue weighted by Crippen LogP contribution is 2.21. The Morgan fingerprint density at radius 1 is 1.12 bits per heavy atom. The van der Waals surface area contributed by atoms with E-state index in [-0.39, 0.29) is 0 Å². The summed E-state index contributed by atoms with van der Waals surface area (Å²) in [5, 5.41) is 3.45. The van der Waals surface area contributed by atoms with E-state index in [0.29, 0.717) is 0 Å². The van der Waals surface area contributed by atoms with Gasteiger partial charge in [-0.1, -0.05) is 0 Å². The first-order valence-corrected chi connectivity index (χ1v) is 9.29. The Morgan fingerprint density at radius 2 is 1.85 bits per heavy atom. The molecule has 0 unspecified atom stereocenters. The Morgan fingerprint density at radius 3 is 2.54 bits per heavy atom. The number of anilines is 2. The van der Waals surface area contributed by atoms with E-state index in [2.05, 4.69) is 44.4 Å². The molecule has 6 nitrogen and oxygen atoms in total. The predicted octanol–water partition coefficient (Wildman–Crippen LogP) is 2.65. The highest BCUT2D eigenvalue weighted by Gasteiger charge is 2.10. The number of aryl methyl sites for hydroxylation is 1. The zero-order chi connectivity index (χ0) is 18.4. The first-order chi connectivity index (χ1) is 12.6. The van der Waals surface area contributed by atoms with Crippen LogP contribution in [0.2, 0.25) is 0 Å². The molecule has 0 atom stereocenters. The Kier molecular flexibility index (Phi) is 6.41. The molecular weight excluding hydrogens is 326 g/mol. The molecule has 140 valence electrons. The zero-order valence-corrected chi connectivity index (χ0v) is 16.0. The Bertz CT molecular complexity index is 696. The van der Waals surface area contributed by atoms with Gasteiger partial charge in [-0.05, 0) is 44.2 Å². The highest BCUT2D eigenvalue weighted by molar-refractivity contribution is 5.61. The van der Waals surface area contributed by atoms with E-state index >= 15 is 0 Å². The van der Waals surface area contributed by atoms with Crippen LogP contribution in [-0.2, 0) is 4.74 Å². The zero-order valence-electron chi connectivity index (χ0n) is 16.0. The van der Waals surface area contributed by atoms with Gasteiger partial charge >= 0.3 is 0 Å². The van der Waals surface area contributed by atoms with Gasteiger partial charge in [-0.2, -0.15) is 0 Å². The average Bonchev–Trinajstić information content (AvgIpc) is 2.66. The van der Waals surface area contributed by atoms with Crippen molar-refractivity contribution in [2.24, 2.45) is 0 Å². The van der Waals surface area contributed by atoms with Crippen LogP contribution in [-0.4, -0.2) is 68.4 Å². The number of hydrogen-bond donors (Lipinski definition) is 1. The molecule has 1 aliphatic rings. The van der Waals surface area contributed by atoms with Gasteiger partial charge in [0.1, 0.15) is 5.82 Å². The highest BCUT2D eigenvalue weighted by atomic mass is 16.5. The number of nitrogens with one attached hydrogen (secondary N) is 1. The molecule has 0 aliphatic carbocycles. The third-order valence-electron chi connectivity index (χ3n) is 4.56. The molecular formula is C20H29N5O. The fourth-order valence-corrected chi connectivity index (χ4v) is 3.04. The van der Waals surface area contributed by atoms with Crippen LogP contribution in [0.1, 0.15) is 12.1 Å².